The van der Waals surface area contributed by atoms with E-state index in [-0.39, 0.29) is 0 Å². The minimum Gasteiger partial charge on any atom is -0.306 e. The van der Waals surface area contributed by atoms with Gasteiger partial charge in [0.25, 0.3) is 0 Å². The molecule has 0 radical (unpaired) electrons. The van der Waals surface area contributed by atoms with Crippen molar-refractivity contribution in [3.63, 3.8) is 0 Å². The molecule has 0 aromatic heterocycles. The van der Waals surface area contributed by atoms with Crippen molar-refractivity contribution in [3.05, 3.63) is 0 Å². The molecule has 0 amide bonds. The quantitative estimate of drug-likeness (QED) is 0.364. The van der Waals surface area contributed by atoms with E-state index in [0.29, 0.717) is 0 Å². The summed E-state index contributed by atoms with van der Waals surface area (Å²) in [6, 6.07) is 0.820. The summed E-state index contributed by atoms with van der Waals surface area (Å²) < 4.78 is 8.88. The Balaban J connectivity index is 0. The SMILES string of the molecule is CCCCCCCCCCC(CCC)N(C)C.O=P(O)(O)O. The van der Waals surface area contributed by atoms with E-state index in [1.54, 1.807) is 0 Å². The van der Waals surface area contributed by atoms with Crippen LogP contribution in [0.4, 0.5) is 0 Å². The van der Waals surface area contributed by atoms with Crippen molar-refractivity contribution in [1.29, 1.82) is 0 Å². The van der Waals surface area contributed by atoms with Crippen LogP contribution >= 0.6 is 7.82 Å². The lowest BCUT2D eigenvalue weighted by atomic mass is 10.0. The van der Waals surface area contributed by atoms with E-state index in [1.807, 2.05) is 0 Å². The summed E-state index contributed by atoms with van der Waals surface area (Å²) in [6.45, 7) is 4.58. The molecule has 0 saturated heterocycles. The molecule has 1 atom stereocenters. The molecule has 6 heteroatoms. The van der Waals surface area contributed by atoms with Crippen LogP contribution in [-0.4, -0.2) is 39.7 Å². The Morgan fingerprint density at radius 3 is 1.55 bits per heavy atom. The van der Waals surface area contributed by atoms with Crippen molar-refractivity contribution in [2.45, 2.75) is 90.5 Å². The van der Waals surface area contributed by atoms with Crippen LogP contribution in [0.25, 0.3) is 0 Å². The van der Waals surface area contributed by atoms with Crippen LogP contribution in [0.1, 0.15) is 84.5 Å². The summed E-state index contributed by atoms with van der Waals surface area (Å²) in [5, 5.41) is 0. The molecule has 0 aliphatic heterocycles. The third-order valence-corrected chi connectivity index (χ3v) is 3.74. The van der Waals surface area contributed by atoms with Gasteiger partial charge in [-0.1, -0.05) is 71.6 Å². The summed E-state index contributed by atoms with van der Waals surface area (Å²) in [6.07, 6.45) is 15.6. The van der Waals surface area contributed by atoms with Crippen molar-refractivity contribution in [2.24, 2.45) is 0 Å². The van der Waals surface area contributed by atoms with Gasteiger partial charge in [0, 0.05) is 6.04 Å². The molecule has 0 aliphatic carbocycles. The molecule has 1 unspecified atom stereocenters. The fourth-order valence-corrected chi connectivity index (χ4v) is 2.51. The first-order chi connectivity index (χ1) is 10.2. The van der Waals surface area contributed by atoms with Crippen molar-refractivity contribution in [3.8, 4) is 0 Å². The van der Waals surface area contributed by atoms with Crippen LogP contribution in [0.3, 0.4) is 0 Å². The van der Waals surface area contributed by atoms with Crippen LogP contribution in [-0.2, 0) is 4.57 Å². The zero-order valence-electron chi connectivity index (χ0n) is 15.0. The molecule has 3 N–H and O–H groups in total. The molecule has 22 heavy (non-hydrogen) atoms. The van der Waals surface area contributed by atoms with Crippen molar-refractivity contribution in [2.75, 3.05) is 14.1 Å². The first-order valence-corrected chi connectivity index (χ1v) is 10.2. The molecular formula is C16H38NO4P. The zero-order valence-corrected chi connectivity index (χ0v) is 15.9. The van der Waals surface area contributed by atoms with E-state index in [0.717, 1.165) is 6.04 Å². The number of nitrogens with zero attached hydrogens (tertiary/aromatic N) is 1. The van der Waals surface area contributed by atoms with Gasteiger partial charge in [0.1, 0.15) is 0 Å². The topological polar surface area (TPSA) is 81.0 Å². The van der Waals surface area contributed by atoms with Gasteiger partial charge in [-0.3, -0.25) is 0 Å². The minimum atomic E-state index is -4.64. The Morgan fingerprint density at radius 2 is 1.18 bits per heavy atom. The highest BCUT2D eigenvalue weighted by molar-refractivity contribution is 7.45. The lowest BCUT2D eigenvalue weighted by molar-refractivity contribution is 0.256. The summed E-state index contributed by atoms with van der Waals surface area (Å²) >= 11 is 0. The standard InChI is InChI=1S/C16H35N.H3O4P/c1-5-7-8-9-10-11-12-13-15-16(14-6-2)17(3)4;1-5(2,3)4/h16H,5-15H2,1-4H3;(H3,1,2,3,4). The number of unbranched alkanes of at least 4 members (excludes halogenated alkanes) is 7. The molecule has 0 saturated carbocycles. The molecular weight excluding hydrogens is 301 g/mol. The third kappa shape index (κ3) is 25.0. The maximum Gasteiger partial charge on any atom is 0.466 e. The smallest absolute Gasteiger partial charge is 0.306 e. The van der Waals surface area contributed by atoms with Gasteiger partial charge in [0.05, 0.1) is 0 Å². The van der Waals surface area contributed by atoms with Gasteiger partial charge in [-0.25, -0.2) is 4.57 Å². The fraction of sp³-hybridized carbons (Fsp3) is 1.00. The second-order valence-corrected chi connectivity index (χ2v) is 7.21. The van der Waals surface area contributed by atoms with Crippen LogP contribution in [0.5, 0.6) is 0 Å². The highest BCUT2D eigenvalue weighted by Crippen LogP contribution is 2.25. The van der Waals surface area contributed by atoms with Crippen molar-refractivity contribution >= 4 is 7.82 Å². The van der Waals surface area contributed by atoms with Crippen LogP contribution in [0.15, 0.2) is 0 Å². The van der Waals surface area contributed by atoms with Gasteiger partial charge in [0.2, 0.25) is 0 Å². The molecule has 0 heterocycles. The predicted molar refractivity (Wildman–Crippen MR) is 93.9 cm³/mol. The van der Waals surface area contributed by atoms with Gasteiger partial charge in [-0.2, -0.15) is 0 Å². The highest BCUT2D eigenvalue weighted by Gasteiger charge is 2.08. The third-order valence-electron chi connectivity index (χ3n) is 3.74. The largest absolute Gasteiger partial charge is 0.466 e. The molecule has 0 rings (SSSR count). The van der Waals surface area contributed by atoms with Crippen molar-refractivity contribution in [1.82, 2.24) is 4.90 Å². The van der Waals surface area contributed by atoms with Gasteiger partial charge < -0.3 is 19.6 Å². The molecule has 0 aromatic rings. The van der Waals surface area contributed by atoms with Gasteiger partial charge in [0.15, 0.2) is 0 Å². The highest BCUT2D eigenvalue weighted by atomic mass is 31.2. The first kappa shape index (κ1) is 24.3. The lowest BCUT2D eigenvalue weighted by Crippen LogP contribution is -2.27. The summed E-state index contributed by atoms with van der Waals surface area (Å²) in [5.74, 6) is 0. The van der Waals surface area contributed by atoms with Crippen LogP contribution < -0.4 is 0 Å². The second kappa shape index (κ2) is 15.9. The average molecular weight is 339 g/mol. The molecule has 0 spiro atoms. The first-order valence-electron chi connectivity index (χ1n) is 8.67. The van der Waals surface area contributed by atoms with Crippen LogP contribution in [0.2, 0.25) is 0 Å². The lowest BCUT2D eigenvalue weighted by Gasteiger charge is -2.23. The summed E-state index contributed by atoms with van der Waals surface area (Å²) in [4.78, 5) is 24.0. The summed E-state index contributed by atoms with van der Waals surface area (Å²) in [7, 11) is -0.184. The second-order valence-electron chi connectivity index (χ2n) is 6.18. The molecule has 0 fully saturated rings. The van der Waals surface area contributed by atoms with E-state index in [1.165, 1.54) is 70.6 Å². The fourth-order valence-electron chi connectivity index (χ4n) is 2.51. The maximum absolute atomic E-state index is 8.88. The van der Waals surface area contributed by atoms with Gasteiger partial charge in [-0.15, -0.1) is 0 Å². The van der Waals surface area contributed by atoms with E-state index in [9.17, 15) is 0 Å². The molecule has 0 aromatic carbocycles. The Bertz CT molecular complexity index is 261. The Labute approximate surface area is 137 Å². The van der Waals surface area contributed by atoms with Crippen LogP contribution in [0, 0.1) is 0 Å². The maximum atomic E-state index is 8.88. The molecule has 136 valence electrons. The zero-order chi connectivity index (χ0) is 17.4. The molecule has 0 aliphatic rings. The van der Waals surface area contributed by atoms with Gasteiger partial charge >= 0.3 is 7.82 Å². The minimum absolute atomic E-state index is 0.820. The van der Waals surface area contributed by atoms with E-state index < -0.39 is 7.82 Å². The average Bonchev–Trinajstić information content (AvgIpc) is 2.38. The monoisotopic (exact) mass is 339 g/mol. The number of hydrogen-bond acceptors (Lipinski definition) is 2. The molecule has 5 nitrogen and oxygen atoms in total. The Morgan fingerprint density at radius 1 is 0.773 bits per heavy atom. The number of hydrogen-bond donors (Lipinski definition) is 3. The van der Waals surface area contributed by atoms with Gasteiger partial charge in [-0.05, 0) is 26.9 Å². The Kier molecular flexibility index (Phi) is 17.6. The number of rotatable bonds is 12. The van der Waals surface area contributed by atoms with E-state index >= 15 is 0 Å². The normalized spacial score (nSPS) is 12.9. The number of phosphoric acid groups is 1. The van der Waals surface area contributed by atoms with Crippen molar-refractivity contribution < 1.29 is 19.2 Å². The summed E-state index contributed by atoms with van der Waals surface area (Å²) in [5.41, 5.74) is 0. The van der Waals surface area contributed by atoms with E-state index in [2.05, 4.69) is 32.8 Å². The predicted octanol–water partition coefficient (Wildman–Crippen LogP) is 4.32. The Hall–Kier alpha value is 0.0700. The van der Waals surface area contributed by atoms with E-state index in [4.69, 9.17) is 19.2 Å². The molecule has 0 bridgehead atoms.